The van der Waals surface area contributed by atoms with E-state index in [1.54, 1.807) is 18.2 Å². The number of rotatable bonds is 6. The number of nitrogens with zero attached hydrogens (tertiary/aromatic N) is 1. The SMILES string of the molecule is CC.COP(C)(=O)CNCC(=O)N(O)c1ccccc1Cl. The molecule has 1 aromatic carbocycles. The first-order valence-electron chi connectivity index (χ1n) is 6.47. The van der Waals surface area contributed by atoms with E-state index in [0.29, 0.717) is 5.06 Å². The van der Waals surface area contributed by atoms with Gasteiger partial charge in [-0.05, 0) is 12.1 Å². The lowest BCUT2D eigenvalue weighted by atomic mass is 10.3. The van der Waals surface area contributed by atoms with E-state index in [1.165, 1.54) is 19.8 Å². The number of carbonyl (C=O) groups is 1. The number of nitrogens with one attached hydrogen (secondary N) is 1. The molecule has 21 heavy (non-hydrogen) atoms. The van der Waals surface area contributed by atoms with Crippen LogP contribution in [0.2, 0.25) is 5.02 Å². The van der Waals surface area contributed by atoms with Crippen LogP contribution in [0.5, 0.6) is 0 Å². The Hall–Kier alpha value is -0.910. The van der Waals surface area contributed by atoms with Gasteiger partial charge >= 0.3 is 0 Å². The topological polar surface area (TPSA) is 78.9 Å². The molecule has 0 heterocycles. The summed E-state index contributed by atoms with van der Waals surface area (Å²) in [4.78, 5) is 11.7. The van der Waals surface area contributed by atoms with Crippen LogP contribution in [0.4, 0.5) is 5.69 Å². The van der Waals surface area contributed by atoms with Gasteiger partial charge in [-0.1, -0.05) is 37.6 Å². The molecule has 1 aromatic rings. The lowest BCUT2D eigenvalue weighted by Crippen LogP contribution is -2.36. The van der Waals surface area contributed by atoms with Crippen molar-refractivity contribution in [1.82, 2.24) is 5.32 Å². The predicted molar refractivity (Wildman–Crippen MR) is 85.5 cm³/mol. The average molecular weight is 337 g/mol. The standard InChI is InChI=1S/C11H16ClN2O4P.C2H6/c1-18-19(2,17)8-13-7-11(15)14(16)10-6-4-3-5-9(10)12;1-2/h3-6,13,16H,7-8H2,1-2H3;1-2H3. The van der Waals surface area contributed by atoms with E-state index in [4.69, 9.17) is 16.1 Å². The first-order valence-corrected chi connectivity index (χ1v) is 9.10. The Morgan fingerprint density at radius 3 is 2.52 bits per heavy atom. The number of halogens is 1. The maximum atomic E-state index is 11.7. The zero-order valence-electron chi connectivity index (χ0n) is 12.7. The van der Waals surface area contributed by atoms with Crippen LogP contribution in [-0.2, 0) is 13.9 Å². The first-order chi connectivity index (χ1) is 9.87. The molecule has 0 aliphatic rings. The molecular weight excluding hydrogens is 315 g/mol. The van der Waals surface area contributed by atoms with Gasteiger partial charge in [0.05, 0.1) is 23.5 Å². The lowest BCUT2D eigenvalue weighted by molar-refractivity contribution is -0.122. The van der Waals surface area contributed by atoms with Gasteiger partial charge in [-0.25, -0.2) is 0 Å². The van der Waals surface area contributed by atoms with Gasteiger partial charge in [-0.15, -0.1) is 0 Å². The summed E-state index contributed by atoms with van der Waals surface area (Å²) >= 11 is 5.85. The molecule has 1 unspecified atom stereocenters. The van der Waals surface area contributed by atoms with E-state index >= 15 is 0 Å². The van der Waals surface area contributed by atoms with Crippen molar-refractivity contribution in [2.75, 3.05) is 31.7 Å². The molecule has 0 saturated heterocycles. The molecule has 8 heteroatoms. The minimum Gasteiger partial charge on any atom is -0.331 e. The fourth-order valence-corrected chi connectivity index (χ4v) is 2.13. The highest BCUT2D eigenvalue weighted by atomic mass is 35.5. The van der Waals surface area contributed by atoms with Gasteiger partial charge in [-0.2, -0.15) is 5.06 Å². The lowest BCUT2D eigenvalue weighted by Gasteiger charge is -2.17. The number of anilines is 1. The Morgan fingerprint density at radius 2 is 2.00 bits per heavy atom. The number of hydrogen-bond donors (Lipinski definition) is 2. The van der Waals surface area contributed by atoms with Crippen LogP contribution in [0.1, 0.15) is 13.8 Å². The molecule has 0 bridgehead atoms. The Labute approximate surface area is 130 Å². The number of hydrogen-bond acceptors (Lipinski definition) is 5. The third kappa shape index (κ3) is 7.07. The van der Waals surface area contributed by atoms with Crippen LogP contribution in [-0.4, -0.2) is 37.7 Å². The Morgan fingerprint density at radius 1 is 1.43 bits per heavy atom. The molecule has 1 atom stereocenters. The van der Waals surface area contributed by atoms with E-state index in [1.807, 2.05) is 13.8 Å². The quantitative estimate of drug-likeness (QED) is 0.474. The normalized spacial score (nSPS) is 12.9. The van der Waals surface area contributed by atoms with Crippen LogP contribution < -0.4 is 10.4 Å². The minimum absolute atomic E-state index is 0.0472. The third-order valence-electron chi connectivity index (χ3n) is 2.38. The van der Waals surface area contributed by atoms with Crippen LogP contribution in [0.15, 0.2) is 24.3 Å². The molecule has 0 saturated carbocycles. The van der Waals surface area contributed by atoms with Crippen LogP contribution in [0, 0.1) is 0 Å². The molecule has 0 fully saturated rings. The zero-order valence-corrected chi connectivity index (χ0v) is 14.3. The van der Waals surface area contributed by atoms with Crippen LogP contribution in [0.25, 0.3) is 0 Å². The number of carbonyl (C=O) groups excluding carboxylic acids is 1. The average Bonchev–Trinajstić information content (AvgIpc) is 2.49. The predicted octanol–water partition coefficient (Wildman–Crippen LogP) is 3.19. The Bertz CT molecular complexity index is 499. The molecule has 1 amide bonds. The summed E-state index contributed by atoms with van der Waals surface area (Å²) in [7, 11) is -1.39. The van der Waals surface area contributed by atoms with Crippen LogP contribution in [0.3, 0.4) is 0 Å². The summed E-state index contributed by atoms with van der Waals surface area (Å²) in [6, 6.07) is 6.41. The van der Waals surface area contributed by atoms with Crippen LogP contribution >= 0.6 is 19.0 Å². The van der Waals surface area contributed by atoms with Crippen molar-refractivity contribution in [3.8, 4) is 0 Å². The molecule has 2 N–H and O–H groups in total. The third-order valence-corrected chi connectivity index (χ3v) is 4.27. The molecule has 0 radical (unpaired) electrons. The van der Waals surface area contributed by atoms with Gasteiger partial charge in [0.2, 0.25) is 7.37 Å². The smallest absolute Gasteiger partial charge is 0.264 e. The van der Waals surface area contributed by atoms with E-state index in [9.17, 15) is 14.6 Å². The van der Waals surface area contributed by atoms with Gasteiger partial charge in [0, 0.05) is 13.8 Å². The molecular formula is C13H22ClN2O4P. The van der Waals surface area contributed by atoms with Crippen molar-refractivity contribution >= 4 is 30.6 Å². The summed E-state index contributed by atoms with van der Waals surface area (Å²) in [5, 5.41) is 13.1. The van der Waals surface area contributed by atoms with Gasteiger partial charge < -0.3 is 4.52 Å². The van der Waals surface area contributed by atoms with Crippen molar-refractivity contribution in [3.63, 3.8) is 0 Å². The van der Waals surface area contributed by atoms with Gasteiger partial charge in [0.25, 0.3) is 5.91 Å². The summed E-state index contributed by atoms with van der Waals surface area (Å²) < 4.78 is 16.3. The summed E-state index contributed by atoms with van der Waals surface area (Å²) in [6.45, 7) is 5.28. The zero-order chi connectivity index (χ0) is 16.5. The van der Waals surface area contributed by atoms with Crippen molar-refractivity contribution in [2.45, 2.75) is 13.8 Å². The number of para-hydroxylation sites is 1. The maximum Gasteiger partial charge on any atom is 0.264 e. The van der Waals surface area contributed by atoms with E-state index < -0.39 is 13.3 Å². The summed E-state index contributed by atoms with van der Waals surface area (Å²) in [5.74, 6) is -0.607. The van der Waals surface area contributed by atoms with Crippen molar-refractivity contribution in [1.29, 1.82) is 0 Å². The Balaban J connectivity index is 0.00000191. The van der Waals surface area contributed by atoms with Crippen molar-refractivity contribution < 1.29 is 19.1 Å². The van der Waals surface area contributed by atoms with E-state index in [0.717, 1.165) is 0 Å². The molecule has 0 aliphatic carbocycles. The largest absolute Gasteiger partial charge is 0.331 e. The molecule has 0 aliphatic heterocycles. The second kappa shape index (κ2) is 9.92. The van der Waals surface area contributed by atoms with Gasteiger partial charge in [0.15, 0.2) is 0 Å². The molecule has 120 valence electrons. The second-order valence-electron chi connectivity index (χ2n) is 3.94. The molecule has 1 rings (SSSR count). The fraction of sp³-hybridized carbons (Fsp3) is 0.462. The number of hydroxylamine groups is 1. The number of amides is 1. The summed E-state index contributed by atoms with van der Waals surface area (Å²) in [6.07, 6.45) is 0.0472. The van der Waals surface area contributed by atoms with Gasteiger partial charge in [0.1, 0.15) is 0 Å². The monoisotopic (exact) mass is 336 g/mol. The van der Waals surface area contributed by atoms with Gasteiger partial charge in [-0.3, -0.25) is 19.9 Å². The van der Waals surface area contributed by atoms with E-state index in [-0.39, 0.29) is 23.5 Å². The fourth-order valence-electron chi connectivity index (χ4n) is 1.26. The Kier molecular flexibility index (Phi) is 9.49. The summed E-state index contributed by atoms with van der Waals surface area (Å²) in [5.41, 5.74) is 0.197. The molecule has 6 nitrogen and oxygen atoms in total. The molecule has 0 aromatic heterocycles. The molecule has 0 spiro atoms. The first kappa shape index (κ1) is 20.1. The highest BCUT2D eigenvalue weighted by Gasteiger charge is 2.18. The highest BCUT2D eigenvalue weighted by Crippen LogP contribution is 2.39. The van der Waals surface area contributed by atoms with Crippen molar-refractivity contribution in [3.05, 3.63) is 29.3 Å². The maximum absolute atomic E-state index is 11.7. The minimum atomic E-state index is -2.73. The highest BCUT2D eigenvalue weighted by molar-refractivity contribution is 7.58. The number of benzene rings is 1. The second-order valence-corrected chi connectivity index (χ2v) is 7.06. The van der Waals surface area contributed by atoms with E-state index in [2.05, 4.69) is 5.32 Å². The van der Waals surface area contributed by atoms with Crippen molar-refractivity contribution in [2.24, 2.45) is 0 Å².